The second-order valence-electron chi connectivity index (χ2n) is 17.1. The monoisotopic (exact) mass is 494 g/mol. The average molecular weight is 495 g/mol. The van der Waals surface area contributed by atoms with Crippen molar-refractivity contribution in [2.24, 2.45) is 50.2 Å². The van der Waals surface area contributed by atoms with Crippen molar-refractivity contribution >= 4 is 0 Å². The van der Waals surface area contributed by atoms with E-state index in [1.165, 1.54) is 44.9 Å². The summed E-state index contributed by atoms with van der Waals surface area (Å²) in [7, 11) is 0. The van der Waals surface area contributed by atoms with Crippen LogP contribution in [0.1, 0.15) is 176 Å². The molecule has 0 amide bonds. The van der Waals surface area contributed by atoms with Crippen LogP contribution in [0.3, 0.4) is 0 Å². The lowest BCUT2D eigenvalue weighted by atomic mass is 9.26. The van der Waals surface area contributed by atoms with Crippen molar-refractivity contribution in [1.29, 1.82) is 0 Å². The summed E-state index contributed by atoms with van der Waals surface area (Å²) in [6.45, 7) is 12.6. The molecule has 0 N–H and O–H groups in total. The van der Waals surface area contributed by atoms with Crippen LogP contribution < -0.4 is 0 Å². The van der Waals surface area contributed by atoms with E-state index >= 15 is 0 Å². The lowest BCUT2D eigenvalue weighted by Crippen LogP contribution is -2.68. The fourth-order valence-electron chi connectivity index (χ4n) is 14.2. The number of hydrogen-bond donors (Lipinski definition) is 0. The van der Waals surface area contributed by atoms with Crippen LogP contribution >= 0.6 is 0 Å². The Hall–Kier alpha value is 0. The van der Waals surface area contributed by atoms with Gasteiger partial charge in [-0.25, -0.2) is 0 Å². The molecule has 0 aromatic heterocycles. The Morgan fingerprint density at radius 1 is 0.528 bits per heavy atom. The molecule has 206 valence electrons. The molecule has 8 saturated carbocycles. The minimum Gasteiger partial charge on any atom is -0.0654 e. The molecule has 7 unspecified atom stereocenters. The first-order chi connectivity index (χ1) is 17.2. The summed E-state index contributed by atoms with van der Waals surface area (Å²) in [6, 6.07) is 0. The molecule has 0 heterocycles. The fourth-order valence-corrected chi connectivity index (χ4v) is 14.2. The van der Waals surface area contributed by atoms with Gasteiger partial charge in [0.2, 0.25) is 0 Å². The molecule has 0 aliphatic heterocycles. The van der Waals surface area contributed by atoms with Gasteiger partial charge in [-0.3, -0.25) is 0 Å². The zero-order valence-corrected chi connectivity index (χ0v) is 25.3. The maximum absolute atomic E-state index is 2.69. The highest BCUT2D eigenvalue weighted by Gasteiger charge is 2.73. The summed E-state index contributed by atoms with van der Waals surface area (Å²) in [4.78, 5) is 0. The van der Waals surface area contributed by atoms with Gasteiger partial charge in [-0.1, -0.05) is 79.6 Å². The van der Waals surface area contributed by atoms with E-state index < -0.39 is 0 Å². The molecule has 8 rings (SSSR count). The highest BCUT2D eigenvalue weighted by Crippen LogP contribution is 2.84. The third-order valence-corrected chi connectivity index (χ3v) is 14.5. The van der Waals surface area contributed by atoms with Crippen LogP contribution in [0.5, 0.6) is 0 Å². The largest absolute Gasteiger partial charge is 0.0654 e. The molecule has 0 saturated heterocycles. The normalized spacial score (nSPS) is 51.2. The number of unbranched alkanes of at least 4 members (excludes halogenated alkanes) is 3. The number of rotatable bonds is 12. The van der Waals surface area contributed by atoms with E-state index in [1.807, 2.05) is 0 Å². The van der Waals surface area contributed by atoms with Gasteiger partial charge in [0.15, 0.2) is 0 Å². The predicted octanol–water partition coefficient (Wildman–Crippen LogP) is 11.5. The summed E-state index contributed by atoms with van der Waals surface area (Å²) in [5.74, 6) is 3.09. The molecular weight excluding hydrogens is 432 g/mol. The Labute approximate surface area is 225 Å². The molecule has 0 nitrogen and oxygen atoms in total. The van der Waals surface area contributed by atoms with Gasteiger partial charge in [-0.2, -0.15) is 0 Å². The first-order valence-corrected chi connectivity index (χ1v) is 17.2. The molecule has 0 radical (unpaired) electrons. The van der Waals surface area contributed by atoms with E-state index in [0.717, 1.165) is 34.0 Å². The standard InChI is InChI=1S/C36H62/c1-6-10-13-31-16-29-17-32(22-31,14-11-7-2)25-35(20-29,24-31)36-21-30-18-33(26-36,15-12-8-3)23-34(19-30,27-36)28(5)9-4/h28-30H,6-27H2,1-5H3. The Balaban J connectivity index is 1.43. The lowest BCUT2D eigenvalue weighted by molar-refractivity contribution is -0.283. The minimum absolute atomic E-state index is 0.693. The quantitative estimate of drug-likeness (QED) is 0.253. The zero-order valence-electron chi connectivity index (χ0n) is 25.3. The zero-order chi connectivity index (χ0) is 25.3. The summed E-state index contributed by atoms with van der Waals surface area (Å²) in [5.41, 5.74) is 4.29. The van der Waals surface area contributed by atoms with Crippen LogP contribution in [0.2, 0.25) is 0 Å². The summed E-state index contributed by atoms with van der Waals surface area (Å²) < 4.78 is 0. The van der Waals surface area contributed by atoms with Crippen LogP contribution in [0, 0.1) is 50.2 Å². The van der Waals surface area contributed by atoms with Gasteiger partial charge in [0.1, 0.15) is 0 Å². The van der Waals surface area contributed by atoms with E-state index in [0.29, 0.717) is 16.2 Å². The molecular formula is C36H62. The van der Waals surface area contributed by atoms with E-state index in [2.05, 4.69) is 34.6 Å². The first kappa shape index (κ1) is 26.2. The van der Waals surface area contributed by atoms with E-state index in [1.54, 1.807) is 96.3 Å². The van der Waals surface area contributed by atoms with Crippen LogP contribution in [0.4, 0.5) is 0 Å². The van der Waals surface area contributed by atoms with Crippen molar-refractivity contribution < 1.29 is 0 Å². The Morgan fingerprint density at radius 3 is 1.44 bits per heavy atom. The molecule has 0 spiro atoms. The second-order valence-corrected chi connectivity index (χ2v) is 17.1. The maximum Gasteiger partial charge on any atom is -0.0227 e. The van der Waals surface area contributed by atoms with E-state index in [-0.39, 0.29) is 0 Å². The molecule has 0 aromatic rings. The van der Waals surface area contributed by atoms with Crippen molar-refractivity contribution in [2.45, 2.75) is 176 Å². The van der Waals surface area contributed by atoms with Gasteiger partial charge in [-0.05, 0) is 147 Å². The Morgan fingerprint density at radius 2 is 0.972 bits per heavy atom. The third kappa shape index (κ3) is 3.86. The highest BCUT2D eigenvalue weighted by molar-refractivity contribution is 5.23. The van der Waals surface area contributed by atoms with Crippen LogP contribution in [0.15, 0.2) is 0 Å². The first-order valence-electron chi connectivity index (χ1n) is 17.2. The van der Waals surface area contributed by atoms with Crippen LogP contribution in [-0.2, 0) is 0 Å². The van der Waals surface area contributed by atoms with Gasteiger partial charge in [0.05, 0.1) is 0 Å². The Bertz CT molecular complexity index is 785. The van der Waals surface area contributed by atoms with Crippen molar-refractivity contribution in [3.05, 3.63) is 0 Å². The lowest BCUT2D eigenvalue weighted by Gasteiger charge is -2.78. The maximum atomic E-state index is 2.69. The Kier molecular flexibility index (Phi) is 6.57. The smallest absolute Gasteiger partial charge is 0.0227 e. The molecule has 8 aliphatic rings. The van der Waals surface area contributed by atoms with Crippen molar-refractivity contribution in [1.82, 2.24) is 0 Å². The predicted molar refractivity (Wildman–Crippen MR) is 155 cm³/mol. The molecule has 0 aromatic carbocycles. The van der Waals surface area contributed by atoms with E-state index in [4.69, 9.17) is 0 Å². The molecule has 7 atom stereocenters. The van der Waals surface area contributed by atoms with Crippen molar-refractivity contribution in [3.8, 4) is 0 Å². The molecule has 8 fully saturated rings. The van der Waals surface area contributed by atoms with Gasteiger partial charge < -0.3 is 0 Å². The van der Waals surface area contributed by atoms with Crippen molar-refractivity contribution in [3.63, 3.8) is 0 Å². The highest BCUT2D eigenvalue weighted by atomic mass is 14.8. The molecule has 8 aliphatic carbocycles. The summed E-state index contributed by atoms with van der Waals surface area (Å²) in [6.07, 6.45) is 34.5. The average Bonchev–Trinajstić information content (AvgIpc) is 2.83. The number of hydrogen-bond acceptors (Lipinski definition) is 0. The van der Waals surface area contributed by atoms with Crippen LogP contribution in [0.25, 0.3) is 0 Å². The topological polar surface area (TPSA) is 0 Å². The van der Waals surface area contributed by atoms with Crippen molar-refractivity contribution in [2.75, 3.05) is 0 Å². The second kappa shape index (κ2) is 9.01. The molecule has 0 heteroatoms. The minimum atomic E-state index is 0.693. The third-order valence-electron chi connectivity index (χ3n) is 14.5. The van der Waals surface area contributed by atoms with E-state index in [9.17, 15) is 0 Å². The fraction of sp³-hybridized carbons (Fsp3) is 1.00. The van der Waals surface area contributed by atoms with Gasteiger partial charge in [0.25, 0.3) is 0 Å². The van der Waals surface area contributed by atoms with Crippen LogP contribution in [-0.4, -0.2) is 0 Å². The van der Waals surface area contributed by atoms with Gasteiger partial charge in [-0.15, -0.1) is 0 Å². The van der Waals surface area contributed by atoms with Gasteiger partial charge in [0, 0.05) is 0 Å². The molecule has 8 bridgehead atoms. The summed E-state index contributed by atoms with van der Waals surface area (Å²) in [5, 5.41) is 0. The van der Waals surface area contributed by atoms with Gasteiger partial charge >= 0.3 is 0 Å². The summed E-state index contributed by atoms with van der Waals surface area (Å²) >= 11 is 0. The SMILES string of the molecule is CCCCC12CC3CC(CCCC)(C1)CC(C14CC5CC(CCCC)(CC(C(C)CC)(C5)C1)C4)(C3)C2. The molecule has 36 heavy (non-hydrogen) atoms.